The van der Waals surface area contributed by atoms with Crippen LogP contribution in [0.25, 0.3) is 0 Å². The summed E-state index contributed by atoms with van der Waals surface area (Å²) in [4.78, 5) is 27.8. The smallest absolute Gasteiger partial charge is 0.265 e. The van der Waals surface area contributed by atoms with Crippen LogP contribution >= 0.6 is 11.3 Å². The van der Waals surface area contributed by atoms with Gasteiger partial charge < -0.3 is 20.3 Å². The minimum Gasteiger partial charge on any atom is -0.383 e. The van der Waals surface area contributed by atoms with Crippen molar-refractivity contribution in [1.29, 1.82) is 0 Å². The van der Waals surface area contributed by atoms with Crippen molar-refractivity contribution in [2.45, 2.75) is 12.8 Å². The summed E-state index contributed by atoms with van der Waals surface area (Å²) in [7, 11) is 1.60. The molecule has 0 aliphatic carbocycles. The molecule has 2 amide bonds. The number of nitrogens with one attached hydrogen (secondary N) is 2. The SMILES string of the molecule is COCCNC(=O)c1cc(NC(=O)c2cccs2)ccc1N1CCCC1. The third-order valence-corrected chi connectivity index (χ3v) is 5.15. The third kappa shape index (κ3) is 4.42. The first-order valence-corrected chi connectivity index (χ1v) is 9.58. The molecule has 2 N–H and O–H groups in total. The number of nitrogens with zero attached hydrogens (tertiary/aromatic N) is 1. The monoisotopic (exact) mass is 373 g/mol. The number of benzene rings is 1. The minimum absolute atomic E-state index is 0.156. The van der Waals surface area contributed by atoms with E-state index in [9.17, 15) is 9.59 Å². The zero-order valence-corrected chi connectivity index (χ0v) is 15.6. The molecule has 138 valence electrons. The van der Waals surface area contributed by atoms with Crippen LogP contribution in [-0.4, -0.2) is 45.2 Å². The van der Waals surface area contributed by atoms with Gasteiger partial charge in [0.15, 0.2) is 0 Å². The average molecular weight is 373 g/mol. The second-order valence-corrected chi connectivity index (χ2v) is 7.05. The molecule has 0 unspecified atom stereocenters. The lowest BCUT2D eigenvalue weighted by atomic mass is 10.1. The van der Waals surface area contributed by atoms with Crippen LogP contribution < -0.4 is 15.5 Å². The average Bonchev–Trinajstić information content (AvgIpc) is 3.35. The third-order valence-electron chi connectivity index (χ3n) is 4.28. The fraction of sp³-hybridized carbons (Fsp3) is 0.368. The molecule has 0 saturated carbocycles. The molecule has 2 heterocycles. The highest BCUT2D eigenvalue weighted by Gasteiger charge is 2.20. The molecule has 0 bridgehead atoms. The van der Waals surface area contributed by atoms with Crippen LogP contribution in [0.1, 0.15) is 32.9 Å². The Hall–Kier alpha value is -2.38. The lowest BCUT2D eigenvalue weighted by molar-refractivity contribution is 0.0936. The number of thiophene rings is 1. The van der Waals surface area contributed by atoms with E-state index in [1.807, 2.05) is 23.6 Å². The summed E-state index contributed by atoms with van der Waals surface area (Å²) >= 11 is 1.38. The Morgan fingerprint density at radius 2 is 2.00 bits per heavy atom. The Morgan fingerprint density at radius 3 is 2.69 bits per heavy atom. The van der Waals surface area contributed by atoms with E-state index >= 15 is 0 Å². The predicted octanol–water partition coefficient (Wildman–Crippen LogP) is 2.98. The summed E-state index contributed by atoms with van der Waals surface area (Å²) < 4.78 is 4.99. The van der Waals surface area contributed by atoms with E-state index in [-0.39, 0.29) is 11.8 Å². The second kappa shape index (κ2) is 8.82. The van der Waals surface area contributed by atoms with E-state index in [4.69, 9.17) is 4.74 Å². The molecule has 3 rings (SSSR count). The summed E-state index contributed by atoms with van der Waals surface area (Å²) in [5.41, 5.74) is 2.10. The summed E-state index contributed by atoms with van der Waals surface area (Å²) in [5.74, 6) is -0.323. The number of rotatable bonds is 7. The summed E-state index contributed by atoms with van der Waals surface area (Å²) in [6.45, 7) is 2.79. The Balaban J connectivity index is 1.81. The Bertz CT molecular complexity index is 755. The molecule has 1 saturated heterocycles. The van der Waals surface area contributed by atoms with E-state index in [1.165, 1.54) is 11.3 Å². The van der Waals surface area contributed by atoms with Gasteiger partial charge in [-0.3, -0.25) is 9.59 Å². The molecule has 7 heteroatoms. The molecular weight excluding hydrogens is 350 g/mol. The van der Waals surface area contributed by atoms with Crippen LogP contribution in [0.5, 0.6) is 0 Å². The fourth-order valence-corrected chi connectivity index (χ4v) is 3.61. The number of carbonyl (C=O) groups is 2. The van der Waals surface area contributed by atoms with Gasteiger partial charge in [0.25, 0.3) is 11.8 Å². The highest BCUT2D eigenvalue weighted by atomic mass is 32.1. The zero-order valence-electron chi connectivity index (χ0n) is 14.8. The van der Waals surface area contributed by atoms with E-state index in [0.29, 0.717) is 29.3 Å². The fourth-order valence-electron chi connectivity index (χ4n) is 2.99. The molecule has 26 heavy (non-hydrogen) atoms. The number of ether oxygens (including phenoxy) is 1. The molecular formula is C19H23N3O3S. The largest absolute Gasteiger partial charge is 0.383 e. The first-order chi connectivity index (χ1) is 12.7. The van der Waals surface area contributed by atoms with Gasteiger partial charge in [-0.2, -0.15) is 0 Å². The maximum Gasteiger partial charge on any atom is 0.265 e. The molecule has 6 nitrogen and oxygen atoms in total. The maximum atomic E-state index is 12.7. The Morgan fingerprint density at radius 1 is 1.19 bits per heavy atom. The molecule has 1 aliphatic rings. The van der Waals surface area contributed by atoms with Gasteiger partial charge in [-0.1, -0.05) is 6.07 Å². The molecule has 1 aromatic carbocycles. The van der Waals surface area contributed by atoms with Crippen molar-refractivity contribution in [2.24, 2.45) is 0 Å². The van der Waals surface area contributed by atoms with Crippen molar-refractivity contribution in [1.82, 2.24) is 5.32 Å². The van der Waals surface area contributed by atoms with Gasteiger partial charge in [-0.25, -0.2) is 0 Å². The maximum absolute atomic E-state index is 12.7. The zero-order chi connectivity index (χ0) is 18.4. The summed E-state index contributed by atoms with van der Waals surface area (Å²) in [6.07, 6.45) is 2.25. The minimum atomic E-state index is -0.167. The molecule has 0 atom stereocenters. The number of methoxy groups -OCH3 is 1. The van der Waals surface area contributed by atoms with Gasteiger partial charge in [0.05, 0.1) is 17.0 Å². The van der Waals surface area contributed by atoms with Gasteiger partial charge in [0.2, 0.25) is 0 Å². The standard InChI is InChI=1S/C19H23N3O3S/c1-25-11-8-20-18(23)15-13-14(21-19(24)17-5-4-12-26-17)6-7-16(15)22-9-2-3-10-22/h4-7,12-13H,2-3,8-11H2,1H3,(H,20,23)(H,21,24). The van der Waals surface area contributed by atoms with Gasteiger partial charge in [0.1, 0.15) is 0 Å². The van der Waals surface area contributed by atoms with Crippen molar-refractivity contribution in [2.75, 3.05) is 43.6 Å². The molecule has 0 spiro atoms. The van der Waals surface area contributed by atoms with Crippen molar-refractivity contribution < 1.29 is 14.3 Å². The van der Waals surface area contributed by atoms with E-state index in [0.717, 1.165) is 31.6 Å². The molecule has 2 aromatic rings. The van der Waals surface area contributed by atoms with Crippen molar-refractivity contribution in [3.63, 3.8) is 0 Å². The van der Waals surface area contributed by atoms with Gasteiger partial charge in [-0.15, -0.1) is 11.3 Å². The normalized spacial score (nSPS) is 13.7. The lowest BCUT2D eigenvalue weighted by Gasteiger charge is -2.22. The topological polar surface area (TPSA) is 70.7 Å². The van der Waals surface area contributed by atoms with Crippen LogP contribution in [0, 0.1) is 0 Å². The number of amides is 2. The molecule has 1 aliphatic heterocycles. The Kier molecular flexibility index (Phi) is 6.25. The number of hydrogen-bond donors (Lipinski definition) is 2. The van der Waals surface area contributed by atoms with Gasteiger partial charge >= 0.3 is 0 Å². The van der Waals surface area contributed by atoms with Crippen LogP contribution in [0.4, 0.5) is 11.4 Å². The lowest BCUT2D eigenvalue weighted by Crippen LogP contribution is -2.30. The predicted molar refractivity (Wildman–Crippen MR) is 104 cm³/mol. The van der Waals surface area contributed by atoms with Crippen LogP contribution in [0.3, 0.4) is 0 Å². The van der Waals surface area contributed by atoms with Crippen LogP contribution in [0.15, 0.2) is 35.7 Å². The molecule has 1 fully saturated rings. The number of hydrogen-bond acceptors (Lipinski definition) is 5. The molecule has 1 aromatic heterocycles. The first kappa shape index (κ1) is 18.4. The molecule has 0 radical (unpaired) electrons. The number of carbonyl (C=O) groups excluding carboxylic acids is 2. The van der Waals surface area contributed by atoms with Crippen LogP contribution in [-0.2, 0) is 4.74 Å². The number of anilines is 2. The second-order valence-electron chi connectivity index (χ2n) is 6.11. The van der Waals surface area contributed by atoms with Gasteiger partial charge in [-0.05, 0) is 42.5 Å². The summed E-state index contributed by atoms with van der Waals surface area (Å²) in [5, 5.41) is 7.60. The first-order valence-electron chi connectivity index (χ1n) is 8.70. The van der Waals surface area contributed by atoms with Crippen LogP contribution in [0.2, 0.25) is 0 Å². The van der Waals surface area contributed by atoms with Crippen molar-refractivity contribution >= 4 is 34.5 Å². The Labute approximate surface area is 157 Å². The van der Waals surface area contributed by atoms with Gasteiger partial charge in [0, 0.05) is 38.1 Å². The highest BCUT2D eigenvalue weighted by molar-refractivity contribution is 7.12. The van der Waals surface area contributed by atoms with Crippen molar-refractivity contribution in [3.05, 3.63) is 46.2 Å². The quantitative estimate of drug-likeness (QED) is 0.732. The highest BCUT2D eigenvalue weighted by Crippen LogP contribution is 2.28. The van der Waals surface area contributed by atoms with E-state index < -0.39 is 0 Å². The van der Waals surface area contributed by atoms with Crippen molar-refractivity contribution in [3.8, 4) is 0 Å². The summed E-state index contributed by atoms with van der Waals surface area (Å²) in [6, 6.07) is 9.13. The van der Waals surface area contributed by atoms with E-state index in [1.54, 1.807) is 19.2 Å². The van der Waals surface area contributed by atoms with E-state index in [2.05, 4.69) is 15.5 Å².